The average Bonchev–Trinajstić information content (AvgIpc) is 3.40. The summed E-state index contributed by atoms with van der Waals surface area (Å²) in [4.78, 5) is 58.6. The molecule has 1 N–H and O–H groups in total. The largest absolute Gasteiger partial charge is 0.457 e. The highest BCUT2D eigenvalue weighted by atomic mass is 16.6. The van der Waals surface area contributed by atoms with Gasteiger partial charge in [-0.2, -0.15) is 0 Å². The molecule has 3 aromatic rings. The van der Waals surface area contributed by atoms with Crippen molar-refractivity contribution in [1.29, 1.82) is 0 Å². The Labute approximate surface area is 248 Å². The summed E-state index contributed by atoms with van der Waals surface area (Å²) in [6.45, 7) is 9.83. The van der Waals surface area contributed by atoms with Gasteiger partial charge in [0.2, 0.25) is 11.5 Å². The summed E-state index contributed by atoms with van der Waals surface area (Å²) in [7, 11) is 0. The molecule has 1 radical (unpaired) electrons. The van der Waals surface area contributed by atoms with Crippen molar-refractivity contribution in [3.8, 4) is 11.4 Å². The number of carbonyl (C=O) groups is 3. The van der Waals surface area contributed by atoms with Crippen LogP contribution in [0.4, 0.5) is 0 Å². The quantitative estimate of drug-likeness (QED) is 0.352. The first-order chi connectivity index (χ1) is 20.2. The second kappa shape index (κ2) is 9.58. The molecule has 223 valence electrons. The van der Waals surface area contributed by atoms with Gasteiger partial charge in [-0.05, 0) is 59.2 Å². The smallest absolute Gasteiger partial charge is 0.355 e. The van der Waals surface area contributed by atoms with E-state index in [1.165, 1.54) is 6.92 Å². The van der Waals surface area contributed by atoms with Crippen molar-refractivity contribution >= 4 is 28.7 Å². The molecule has 1 aromatic carbocycles. The van der Waals surface area contributed by atoms with Crippen LogP contribution in [0.2, 0.25) is 0 Å². The highest BCUT2D eigenvalue weighted by Crippen LogP contribution is 2.42. The standard InChI is InChI=1S/C32H33N4O7/c1-7-32(43-28(39)17(2)33-26(37)22-14-30(3,4)36(41)31(22,5)6)21-13-24-25-19(12-18-10-8-9-11-23(18)34-25)15-35(24)27(38)20(21)16-42-29(32)40/h8-14,17H,7,15-16H2,1-6H3,(H,33,37)/t17-,32-/m0/s1. The summed E-state index contributed by atoms with van der Waals surface area (Å²) in [5, 5.41) is 17.1. The second-order valence-corrected chi connectivity index (χ2v) is 12.4. The molecule has 3 aliphatic heterocycles. The van der Waals surface area contributed by atoms with Crippen LogP contribution >= 0.6 is 0 Å². The number of fused-ring (bicyclic) bond motifs is 5. The number of benzene rings is 1. The van der Waals surface area contributed by atoms with Crippen LogP contribution < -0.4 is 10.9 Å². The van der Waals surface area contributed by atoms with Crippen molar-refractivity contribution in [3.63, 3.8) is 0 Å². The lowest BCUT2D eigenvalue weighted by Gasteiger charge is -2.36. The second-order valence-electron chi connectivity index (χ2n) is 12.4. The molecule has 0 bridgehead atoms. The van der Waals surface area contributed by atoms with Gasteiger partial charge in [-0.15, -0.1) is 10.3 Å². The van der Waals surface area contributed by atoms with Crippen LogP contribution in [0.3, 0.4) is 0 Å². The molecule has 3 aliphatic rings. The van der Waals surface area contributed by atoms with Gasteiger partial charge in [0.05, 0.1) is 40.1 Å². The normalized spacial score (nSPS) is 22.2. The molecule has 0 unspecified atom stereocenters. The number of nitrogens with zero attached hydrogens (tertiary/aromatic N) is 3. The van der Waals surface area contributed by atoms with Crippen LogP contribution in [-0.2, 0) is 47.8 Å². The molecule has 43 heavy (non-hydrogen) atoms. The van der Waals surface area contributed by atoms with Crippen LogP contribution in [-0.4, -0.2) is 49.6 Å². The van der Waals surface area contributed by atoms with E-state index in [1.54, 1.807) is 51.3 Å². The van der Waals surface area contributed by atoms with Gasteiger partial charge in [0.15, 0.2) is 0 Å². The molecule has 0 aliphatic carbocycles. The molecule has 0 fully saturated rings. The summed E-state index contributed by atoms with van der Waals surface area (Å²) in [6, 6.07) is 10.2. The van der Waals surface area contributed by atoms with E-state index in [1.807, 2.05) is 30.3 Å². The minimum Gasteiger partial charge on any atom is -0.457 e. The minimum atomic E-state index is -1.91. The lowest BCUT2D eigenvalue weighted by Crippen LogP contribution is -2.52. The van der Waals surface area contributed by atoms with Crippen molar-refractivity contribution in [2.24, 2.45) is 0 Å². The van der Waals surface area contributed by atoms with Crippen molar-refractivity contribution in [3.05, 3.63) is 75.1 Å². The zero-order chi connectivity index (χ0) is 31.1. The maximum Gasteiger partial charge on any atom is 0.355 e. The number of aromatic nitrogens is 2. The zero-order valence-electron chi connectivity index (χ0n) is 24.9. The Morgan fingerprint density at radius 1 is 1.14 bits per heavy atom. The lowest BCUT2D eigenvalue weighted by atomic mass is 9.85. The number of pyridine rings is 2. The van der Waals surface area contributed by atoms with E-state index >= 15 is 0 Å². The van der Waals surface area contributed by atoms with Gasteiger partial charge < -0.3 is 19.4 Å². The highest BCUT2D eigenvalue weighted by molar-refractivity contribution is 5.99. The van der Waals surface area contributed by atoms with Gasteiger partial charge in [-0.25, -0.2) is 14.6 Å². The SMILES string of the molecule is CC[C@@]1(OC(=O)[C@H](C)NC(=O)C2=CC(C)(C)N([O])C2(C)C)C(=O)OCc2c1cc1n(c2=O)Cc2cc3ccccc3nc2-1. The number of hydrogen-bond acceptors (Lipinski definition) is 8. The number of hydroxylamine groups is 2. The number of cyclic esters (lactones) is 1. The van der Waals surface area contributed by atoms with Gasteiger partial charge in [0, 0.05) is 22.1 Å². The van der Waals surface area contributed by atoms with Crippen molar-refractivity contribution in [2.45, 2.75) is 83.8 Å². The lowest BCUT2D eigenvalue weighted by molar-refractivity contribution is -0.238. The van der Waals surface area contributed by atoms with E-state index in [0.717, 1.165) is 21.5 Å². The Hall–Kier alpha value is -4.35. The molecule has 0 saturated carbocycles. The zero-order valence-corrected chi connectivity index (χ0v) is 24.9. The number of carbonyl (C=O) groups excluding carboxylic acids is 3. The molecule has 6 rings (SSSR count). The summed E-state index contributed by atoms with van der Waals surface area (Å²) in [5.74, 6) is -2.28. The molecule has 0 saturated heterocycles. The molecular weight excluding hydrogens is 552 g/mol. The van der Waals surface area contributed by atoms with Crippen molar-refractivity contribution in [2.75, 3.05) is 0 Å². The maximum atomic E-state index is 13.7. The molecular formula is C32H33N4O7. The molecule has 11 heteroatoms. The average molecular weight is 586 g/mol. The Balaban J connectivity index is 1.34. The minimum absolute atomic E-state index is 0.0103. The predicted octanol–water partition coefficient (Wildman–Crippen LogP) is 3.28. The molecule has 5 heterocycles. The fourth-order valence-electron chi connectivity index (χ4n) is 6.44. The first-order valence-corrected chi connectivity index (χ1v) is 14.3. The van der Waals surface area contributed by atoms with Gasteiger partial charge in [-0.1, -0.05) is 31.2 Å². The Kier molecular flexibility index (Phi) is 6.41. The van der Waals surface area contributed by atoms with Gasteiger partial charge in [-0.3, -0.25) is 9.59 Å². The first kappa shape index (κ1) is 28.8. The Morgan fingerprint density at radius 2 is 1.86 bits per heavy atom. The number of esters is 2. The van der Waals surface area contributed by atoms with Gasteiger partial charge in [0.1, 0.15) is 12.6 Å². The number of para-hydroxylation sites is 1. The van der Waals surface area contributed by atoms with Crippen LogP contribution in [0.25, 0.3) is 22.3 Å². The van der Waals surface area contributed by atoms with E-state index in [4.69, 9.17) is 14.5 Å². The summed E-state index contributed by atoms with van der Waals surface area (Å²) in [6.07, 6.45) is 1.57. The third kappa shape index (κ3) is 4.21. The number of nitrogens with one attached hydrogen (secondary N) is 1. The van der Waals surface area contributed by atoms with Gasteiger partial charge in [0.25, 0.3) is 5.56 Å². The van der Waals surface area contributed by atoms with Crippen LogP contribution in [0.1, 0.15) is 64.7 Å². The summed E-state index contributed by atoms with van der Waals surface area (Å²) < 4.78 is 12.9. The number of rotatable bonds is 5. The van der Waals surface area contributed by atoms with Crippen molar-refractivity contribution < 1.29 is 29.1 Å². The van der Waals surface area contributed by atoms with E-state index in [2.05, 4.69) is 5.32 Å². The van der Waals surface area contributed by atoms with E-state index in [-0.39, 0.29) is 35.3 Å². The first-order valence-electron chi connectivity index (χ1n) is 14.3. The number of hydrogen-bond donors (Lipinski definition) is 1. The molecule has 11 nitrogen and oxygen atoms in total. The summed E-state index contributed by atoms with van der Waals surface area (Å²) >= 11 is 0. The summed E-state index contributed by atoms with van der Waals surface area (Å²) in [5.41, 5.74) is -0.805. The van der Waals surface area contributed by atoms with E-state index in [9.17, 15) is 24.4 Å². The fourth-order valence-corrected chi connectivity index (χ4v) is 6.44. The molecule has 2 atom stereocenters. The Morgan fingerprint density at radius 3 is 2.53 bits per heavy atom. The van der Waals surface area contributed by atoms with Crippen LogP contribution in [0.15, 0.2) is 52.8 Å². The number of ether oxygens (including phenoxy) is 2. The fraction of sp³-hybridized carbons (Fsp3) is 0.406. The van der Waals surface area contributed by atoms with E-state index in [0.29, 0.717) is 17.9 Å². The van der Waals surface area contributed by atoms with Gasteiger partial charge >= 0.3 is 11.9 Å². The molecule has 1 amide bonds. The van der Waals surface area contributed by atoms with Crippen LogP contribution in [0, 0.1) is 0 Å². The van der Waals surface area contributed by atoms with Crippen molar-refractivity contribution in [1.82, 2.24) is 19.9 Å². The third-order valence-corrected chi connectivity index (χ3v) is 8.79. The highest BCUT2D eigenvalue weighted by Gasteiger charge is 2.52. The molecule has 0 spiro atoms. The number of amides is 1. The van der Waals surface area contributed by atoms with Crippen LogP contribution in [0.5, 0.6) is 0 Å². The molecule has 2 aromatic heterocycles. The maximum absolute atomic E-state index is 13.7. The topological polar surface area (TPSA) is 140 Å². The predicted molar refractivity (Wildman–Crippen MR) is 155 cm³/mol. The Bertz CT molecular complexity index is 1820. The van der Waals surface area contributed by atoms with E-state index < -0.39 is 40.6 Å². The third-order valence-electron chi connectivity index (χ3n) is 8.79. The monoisotopic (exact) mass is 585 g/mol.